The lowest BCUT2D eigenvalue weighted by Gasteiger charge is -2.14. The highest BCUT2D eigenvalue weighted by Crippen LogP contribution is 2.33. The monoisotopic (exact) mass is 562 g/mol. The molecule has 10 heteroatoms. The zero-order chi connectivity index (χ0) is 26.7. The quantitative estimate of drug-likeness (QED) is 0.228. The number of primary amides is 1. The van der Waals surface area contributed by atoms with E-state index in [4.69, 9.17) is 15.2 Å². The van der Waals surface area contributed by atoms with Gasteiger partial charge in [-0.25, -0.2) is 5.43 Å². The first-order valence-corrected chi connectivity index (χ1v) is 11.9. The maximum Gasteiger partial charge on any atom is 0.276 e. The Bertz CT molecular complexity index is 1500. The molecule has 0 radical (unpaired) electrons. The largest absolute Gasteiger partial charge is 0.497 e. The van der Waals surface area contributed by atoms with E-state index in [-0.39, 0.29) is 16.8 Å². The normalized spacial score (nSPS) is 13.7. The molecule has 1 aliphatic heterocycles. The second kappa shape index (κ2) is 10.7. The number of ether oxygens (including phenoxy) is 2. The van der Waals surface area contributed by atoms with Gasteiger partial charge in [0.15, 0.2) is 5.71 Å². The van der Waals surface area contributed by atoms with E-state index in [1.165, 1.54) is 20.3 Å². The van der Waals surface area contributed by atoms with Crippen LogP contribution in [0.3, 0.4) is 0 Å². The molecule has 4 N–H and O–H groups in total. The highest BCUT2D eigenvalue weighted by molar-refractivity contribution is 9.10. The second-order valence-electron chi connectivity index (χ2n) is 8.08. The lowest BCUT2D eigenvalue weighted by atomic mass is 9.98. The third-order valence-corrected chi connectivity index (χ3v) is 6.20. The minimum atomic E-state index is -0.648. The molecule has 0 atom stereocenters. The van der Waals surface area contributed by atoms with Gasteiger partial charge in [-0.15, -0.1) is 0 Å². The Morgan fingerprint density at radius 1 is 1.05 bits per heavy atom. The van der Waals surface area contributed by atoms with Gasteiger partial charge in [0.1, 0.15) is 11.5 Å². The van der Waals surface area contributed by atoms with E-state index in [0.29, 0.717) is 33.9 Å². The predicted octanol–water partition coefficient (Wildman–Crippen LogP) is 3.89. The van der Waals surface area contributed by atoms with E-state index in [0.717, 1.165) is 10.0 Å². The third-order valence-electron chi connectivity index (χ3n) is 5.75. The maximum atomic E-state index is 13.6. The number of hydrogen-bond donors (Lipinski definition) is 3. The van der Waals surface area contributed by atoms with Crippen LogP contribution < -0.4 is 25.9 Å². The van der Waals surface area contributed by atoms with Crippen LogP contribution in [0, 0.1) is 6.92 Å². The van der Waals surface area contributed by atoms with Crippen molar-refractivity contribution in [3.05, 3.63) is 86.9 Å². The van der Waals surface area contributed by atoms with Crippen molar-refractivity contribution in [1.82, 2.24) is 5.43 Å². The van der Waals surface area contributed by atoms with Gasteiger partial charge in [0, 0.05) is 21.2 Å². The summed E-state index contributed by atoms with van der Waals surface area (Å²) in [6.45, 7) is 1.86. The molecule has 3 amide bonds. The minimum absolute atomic E-state index is 0.0576. The summed E-state index contributed by atoms with van der Waals surface area (Å²) < 4.78 is 11.6. The van der Waals surface area contributed by atoms with E-state index in [1.807, 2.05) is 13.0 Å². The molecule has 1 heterocycles. The Kier molecular flexibility index (Phi) is 7.40. The number of nitrogens with two attached hydrogens (primary N) is 1. The number of nitrogens with zero attached hydrogens (tertiary/aromatic N) is 1. The van der Waals surface area contributed by atoms with Crippen molar-refractivity contribution in [1.29, 1.82) is 0 Å². The number of amides is 3. The van der Waals surface area contributed by atoms with Crippen molar-refractivity contribution in [2.75, 3.05) is 19.5 Å². The van der Waals surface area contributed by atoms with Crippen LogP contribution in [0.4, 0.5) is 5.69 Å². The van der Waals surface area contributed by atoms with Gasteiger partial charge in [-0.2, -0.15) is 5.10 Å². The Labute approximate surface area is 221 Å². The fourth-order valence-electron chi connectivity index (χ4n) is 3.96. The van der Waals surface area contributed by atoms with Crippen molar-refractivity contribution in [3.8, 4) is 11.5 Å². The Hall–Kier alpha value is -4.44. The van der Waals surface area contributed by atoms with Crippen molar-refractivity contribution in [2.45, 2.75) is 6.92 Å². The van der Waals surface area contributed by atoms with Gasteiger partial charge in [0.2, 0.25) is 5.91 Å². The number of rotatable bonds is 7. The van der Waals surface area contributed by atoms with Crippen LogP contribution in [0.15, 0.2) is 64.2 Å². The molecule has 0 fully saturated rings. The number of methoxy groups -OCH3 is 2. The van der Waals surface area contributed by atoms with Gasteiger partial charge >= 0.3 is 0 Å². The SMILES string of the molecule is COc1ccc(OC)c(C(=Cc2ccccc2C(N)=O)C(=O)NN=C2C(=O)Nc3c(C)cc(Br)cc32)c1. The van der Waals surface area contributed by atoms with E-state index >= 15 is 0 Å². The van der Waals surface area contributed by atoms with Crippen molar-refractivity contribution in [2.24, 2.45) is 10.8 Å². The molecular formula is C27H23BrN4O5. The molecule has 188 valence electrons. The predicted molar refractivity (Wildman–Crippen MR) is 145 cm³/mol. The van der Waals surface area contributed by atoms with Crippen LogP contribution >= 0.6 is 15.9 Å². The fourth-order valence-corrected chi connectivity index (χ4v) is 4.53. The molecule has 0 saturated heterocycles. The summed E-state index contributed by atoms with van der Waals surface area (Å²) >= 11 is 3.43. The van der Waals surface area contributed by atoms with E-state index in [2.05, 4.69) is 31.8 Å². The molecule has 0 spiro atoms. The van der Waals surface area contributed by atoms with Crippen LogP contribution in [0.5, 0.6) is 11.5 Å². The summed E-state index contributed by atoms with van der Waals surface area (Å²) in [4.78, 5) is 38.2. The Morgan fingerprint density at radius 2 is 1.81 bits per heavy atom. The molecule has 9 nitrogen and oxygen atoms in total. The number of aryl methyl sites for hydroxylation is 1. The van der Waals surface area contributed by atoms with Crippen LogP contribution in [-0.4, -0.2) is 37.7 Å². The first kappa shape index (κ1) is 25.6. The topological polar surface area (TPSA) is 132 Å². The van der Waals surface area contributed by atoms with E-state index in [9.17, 15) is 14.4 Å². The van der Waals surface area contributed by atoms with Crippen LogP contribution in [0.1, 0.15) is 32.6 Å². The Balaban J connectivity index is 1.82. The smallest absolute Gasteiger partial charge is 0.276 e. The molecule has 0 aromatic heterocycles. The van der Waals surface area contributed by atoms with Gasteiger partial charge in [0.25, 0.3) is 11.8 Å². The number of hydrazone groups is 1. The number of nitrogens with one attached hydrogen (secondary N) is 2. The molecule has 4 rings (SSSR count). The number of halogens is 1. The zero-order valence-corrected chi connectivity index (χ0v) is 21.8. The number of hydrogen-bond acceptors (Lipinski definition) is 6. The second-order valence-corrected chi connectivity index (χ2v) is 8.99. The highest BCUT2D eigenvalue weighted by atomic mass is 79.9. The standard InChI is InChI=1S/C27H23BrN4O5/c1-14-10-16(28)12-21-23(14)30-27(35)24(21)31-32-26(34)20(11-15-6-4-5-7-18(15)25(29)33)19-13-17(36-2)8-9-22(19)37-3/h4-13H,1-3H3,(H2,29,33)(H,32,34)(H,30,31,35). The van der Waals surface area contributed by atoms with E-state index in [1.54, 1.807) is 48.5 Å². The Morgan fingerprint density at radius 3 is 2.51 bits per heavy atom. The van der Waals surface area contributed by atoms with Crippen molar-refractivity contribution >= 4 is 56.7 Å². The molecule has 3 aromatic carbocycles. The summed E-state index contributed by atoms with van der Waals surface area (Å²) in [5.74, 6) is -0.876. The number of benzene rings is 3. The number of carbonyl (C=O) groups excluding carboxylic acids is 3. The molecule has 1 aliphatic rings. The summed E-state index contributed by atoms with van der Waals surface area (Å²) in [5.41, 5.74) is 11.3. The molecule has 0 bridgehead atoms. The first-order valence-electron chi connectivity index (χ1n) is 11.1. The molecule has 0 saturated carbocycles. The zero-order valence-electron chi connectivity index (χ0n) is 20.2. The lowest BCUT2D eigenvalue weighted by Crippen LogP contribution is -2.24. The average molecular weight is 563 g/mol. The summed E-state index contributed by atoms with van der Waals surface area (Å²) in [6.07, 6.45) is 1.51. The minimum Gasteiger partial charge on any atom is -0.497 e. The van der Waals surface area contributed by atoms with Crippen LogP contribution in [0.25, 0.3) is 11.6 Å². The number of carbonyl (C=O) groups is 3. The molecule has 37 heavy (non-hydrogen) atoms. The van der Waals surface area contributed by atoms with Gasteiger partial charge in [0.05, 0.1) is 25.5 Å². The summed E-state index contributed by atoms with van der Waals surface area (Å²) in [5, 5.41) is 6.93. The van der Waals surface area contributed by atoms with Gasteiger partial charge < -0.3 is 20.5 Å². The molecular weight excluding hydrogens is 540 g/mol. The van der Waals surface area contributed by atoms with Gasteiger partial charge in [-0.3, -0.25) is 14.4 Å². The molecule has 3 aromatic rings. The summed E-state index contributed by atoms with van der Waals surface area (Å²) in [7, 11) is 2.97. The molecule has 0 unspecified atom stereocenters. The highest BCUT2D eigenvalue weighted by Gasteiger charge is 2.29. The fraction of sp³-hybridized carbons (Fsp3) is 0.111. The molecule has 0 aliphatic carbocycles. The number of anilines is 1. The first-order chi connectivity index (χ1) is 17.7. The van der Waals surface area contributed by atoms with Crippen molar-refractivity contribution in [3.63, 3.8) is 0 Å². The van der Waals surface area contributed by atoms with E-state index < -0.39 is 17.7 Å². The third kappa shape index (κ3) is 5.24. The number of fused-ring (bicyclic) bond motifs is 1. The van der Waals surface area contributed by atoms with Crippen molar-refractivity contribution < 1.29 is 23.9 Å². The van der Waals surface area contributed by atoms with Gasteiger partial charge in [-0.1, -0.05) is 34.1 Å². The maximum absolute atomic E-state index is 13.6. The lowest BCUT2D eigenvalue weighted by molar-refractivity contribution is -0.115. The average Bonchev–Trinajstić information content (AvgIpc) is 3.20. The summed E-state index contributed by atoms with van der Waals surface area (Å²) in [6, 6.07) is 15.2. The van der Waals surface area contributed by atoms with Crippen LogP contribution in [0.2, 0.25) is 0 Å². The van der Waals surface area contributed by atoms with Crippen LogP contribution in [-0.2, 0) is 9.59 Å². The van der Waals surface area contributed by atoms with Gasteiger partial charge in [-0.05, 0) is 60.5 Å².